The molecule has 2 heterocycles. The van der Waals surface area contributed by atoms with Gasteiger partial charge in [-0.25, -0.2) is 0 Å². The van der Waals surface area contributed by atoms with Crippen molar-refractivity contribution >= 4 is 32.7 Å². The monoisotopic (exact) mass is 351 g/mol. The van der Waals surface area contributed by atoms with E-state index in [-0.39, 0.29) is 18.1 Å². The molecule has 1 saturated heterocycles. The zero-order valence-electron chi connectivity index (χ0n) is 12.1. The summed E-state index contributed by atoms with van der Waals surface area (Å²) in [6.45, 7) is 3.16. The number of rotatable bonds is 2. The van der Waals surface area contributed by atoms with Crippen molar-refractivity contribution in [3.63, 3.8) is 0 Å². The number of para-hydroxylation sites is 1. The Morgan fingerprint density at radius 2 is 2.24 bits per heavy atom. The number of ether oxygens (including phenoxy) is 1. The van der Waals surface area contributed by atoms with Gasteiger partial charge in [0.2, 0.25) is 0 Å². The molecule has 21 heavy (non-hydrogen) atoms. The van der Waals surface area contributed by atoms with Crippen LogP contribution in [0.4, 0.5) is 0 Å². The maximum atomic E-state index is 12.9. The van der Waals surface area contributed by atoms with E-state index in [1.54, 1.807) is 4.68 Å². The summed E-state index contributed by atoms with van der Waals surface area (Å²) < 4.78 is 7.44. The molecule has 6 heteroatoms. The van der Waals surface area contributed by atoms with Gasteiger partial charge in [0.05, 0.1) is 24.3 Å². The number of morpholine rings is 1. The fourth-order valence-corrected chi connectivity index (χ4v) is 3.09. The molecule has 0 N–H and O–H groups in total. The predicted octanol–water partition coefficient (Wildman–Crippen LogP) is 2.20. The third-order valence-electron chi connectivity index (χ3n) is 3.90. The molecule has 0 radical (unpaired) electrons. The fourth-order valence-electron chi connectivity index (χ4n) is 2.70. The minimum absolute atomic E-state index is 0.0199. The molecule has 1 amide bonds. The number of carbonyl (C=O) groups is 1. The molecule has 0 spiro atoms. The summed E-state index contributed by atoms with van der Waals surface area (Å²) in [6.07, 6.45) is 0.0418. The molecule has 112 valence electrons. The van der Waals surface area contributed by atoms with Crippen molar-refractivity contribution in [3.8, 4) is 0 Å². The average Bonchev–Trinajstić information content (AvgIpc) is 2.85. The number of hydrogen-bond acceptors (Lipinski definition) is 3. The van der Waals surface area contributed by atoms with E-state index in [0.717, 1.165) is 16.2 Å². The van der Waals surface area contributed by atoms with E-state index < -0.39 is 0 Å². The maximum absolute atomic E-state index is 12.9. The van der Waals surface area contributed by atoms with Crippen LogP contribution in [-0.4, -0.2) is 51.2 Å². The predicted molar refractivity (Wildman–Crippen MR) is 84.7 cm³/mol. The number of nitrogens with zero attached hydrogens (tertiary/aromatic N) is 3. The van der Waals surface area contributed by atoms with Crippen LogP contribution in [0.25, 0.3) is 10.9 Å². The Labute approximate surface area is 132 Å². The van der Waals surface area contributed by atoms with Crippen molar-refractivity contribution in [1.29, 1.82) is 0 Å². The molecule has 1 aliphatic rings. The van der Waals surface area contributed by atoms with Gasteiger partial charge in [0.15, 0.2) is 5.69 Å². The van der Waals surface area contributed by atoms with Gasteiger partial charge >= 0.3 is 0 Å². The van der Waals surface area contributed by atoms with Gasteiger partial charge in [-0.2, -0.15) is 5.10 Å². The maximum Gasteiger partial charge on any atom is 0.275 e. The van der Waals surface area contributed by atoms with E-state index in [4.69, 9.17) is 4.74 Å². The van der Waals surface area contributed by atoms with Gasteiger partial charge < -0.3 is 9.64 Å². The van der Waals surface area contributed by atoms with Crippen LogP contribution >= 0.6 is 15.9 Å². The Hall–Kier alpha value is -1.40. The zero-order valence-corrected chi connectivity index (χ0v) is 13.7. The average molecular weight is 352 g/mol. The molecule has 2 aromatic rings. The van der Waals surface area contributed by atoms with Gasteiger partial charge in [0.25, 0.3) is 5.91 Å². The van der Waals surface area contributed by atoms with Crippen molar-refractivity contribution in [2.24, 2.45) is 7.05 Å². The molecule has 2 atom stereocenters. The zero-order chi connectivity index (χ0) is 15.0. The molecular weight excluding hydrogens is 334 g/mol. The largest absolute Gasteiger partial charge is 0.373 e. The molecule has 1 aliphatic heterocycles. The molecule has 1 aromatic heterocycles. The summed E-state index contributed by atoms with van der Waals surface area (Å²) in [5.74, 6) is -0.0199. The lowest BCUT2D eigenvalue weighted by Gasteiger charge is -2.37. The third kappa shape index (κ3) is 2.58. The van der Waals surface area contributed by atoms with Gasteiger partial charge in [-0.3, -0.25) is 9.48 Å². The number of carbonyl (C=O) groups excluding carboxylic acids is 1. The summed E-state index contributed by atoms with van der Waals surface area (Å²) in [5, 5.41) is 6.05. The molecule has 2 unspecified atom stereocenters. The van der Waals surface area contributed by atoms with Crippen molar-refractivity contribution < 1.29 is 9.53 Å². The SMILES string of the molecule is CC1COC(CBr)CN1C(=O)c1nn(C)c2ccccc12. The van der Waals surface area contributed by atoms with Crippen LogP contribution in [0, 0.1) is 0 Å². The van der Waals surface area contributed by atoms with E-state index in [9.17, 15) is 4.79 Å². The molecule has 5 nitrogen and oxygen atoms in total. The Kier molecular flexibility index (Phi) is 3.99. The van der Waals surface area contributed by atoms with Gasteiger partial charge in [-0.1, -0.05) is 34.1 Å². The standard InChI is InChI=1S/C15H18BrN3O2/c1-10-9-21-11(7-16)8-19(10)15(20)14-12-5-3-4-6-13(12)18(2)17-14/h3-6,10-11H,7-9H2,1-2H3. The number of aromatic nitrogens is 2. The lowest BCUT2D eigenvalue weighted by atomic mass is 10.1. The fraction of sp³-hybridized carbons (Fsp3) is 0.467. The first kappa shape index (κ1) is 14.5. The lowest BCUT2D eigenvalue weighted by molar-refractivity contribution is -0.0363. The number of hydrogen-bond donors (Lipinski definition) is 0. The van der Waals surface area contributed by atoms with Gasteiger partial charge in [0.1, 0.15) is 0 Å². The number of fused-ring (bicyclic) bond motifs is 1. The highest BCUT2D eigenvalue weighted by Gasteiger charge is 2.31. The van der Waals surface area contributed by atoms with Crippen molar-refractivity contribution in [3.05, 3.63) is 30.0 Å². The first-order valence-corrected chi connectivity index (χ1v) is 8.14. The Morgan fingerprint density at radius 1 is 1.48 bits per heavy atom. The summed E-state index contributed by atoms with van der Waals surface area (Å²) in [4.78, 5) is 14.7. The van der Waals surface area contributed by atoms with E-state index in [0.29, 0.717) is 18.8 Å². The smallest absolute Gasteiger partial charge is 0.275 e. The normalized spacial score (nSPS) is 22.7. The Bertz CT molecular complexity index is 670. The topological polar surface area (TPSA) is 47.4 Å². The van der Waals surface area contributed by atoms with Gasteiger partial charge in [-0.15, -0.1) is 0 Å². The molecule has 1 aromatic carbocycles. The van der Waals surface area contributed by atoms with Crippen LogP contribution in [0.1, 0.15) is 17.4 Å². The van der Waals surface area contributed by atoms with Gasteiger partial charge in [-0.05, 0) is 13.0 Å². The quantitative estimate of drug-likeness (QED) is 0.779. The van der Waals surface area contributed by atoms with E-state index >= 15 is 0 Å². The molecular formula is C15H18BrN3O2. The van der Waals surface area contributed by atoms with Crippen molar-refractivity contribution in [2.75, 3.05) is 18.5 Å². The Balaban J connectivity index is 1.96. The number of benzene rings is 1. The van der Waals surface area contributed by atoms with Crippen LogP contribution in [-0.2, 0) is 11.8 Å². The highest BCUT2D eigenvalue weighted by atomic mass is 79.9. The van der Waals surface area contributed by atoms with Crippen LogP contribution in [0.15, 0.2) is 24.3 Å². The summed E-state index contributed by atoms with van der Waals surface area (Å²) in [6, 6.07) is 7.88. The van der Waals surface area contributed by atoms with Crippen molar-refractivity contribution in [1.82, 2.24) is 14.7 Å². The molecule has 0 aliphatic carbocycles. The van der Waals surface area contributed by atoms with Crippen LogP contribution < -0.4 is 0 Å². The van der Waals surface area contributed by atoms with E-state index in [1.807, 2.05) is 43.1 Å². The van der Waals surface area contributed by atoms with Crippen LogP contribution in [0.3, 0.4) is 0 Å². The number of alkyl halides is 1. The second-order valence-electron chi connectivity index (χ2n) is 5.41. The number of halogens is 1. The highest BCUT2D eigenvalue weighted by Crippen LogP contribution is 2.22. The molecule has 0 bridgehead atoms. The minimum Gasteiger partial charge on any atom is -0.373 e. The van der Waals surface area contributed by atoms with Crippen LogP contribution in [0.2, 0.25) is 0 Å². The third-order valence-corrected chi connectivity index (χ3v) is 4.62. The first-order valence-electron chi connectivity index (χ1n) is 7.02. The first-order chi connectivity index (χ1) is 10.1. The lowest BCUT2D eigenvalue weighted by Crippen LogP contribution is -2.51. The Morgan fingerprint density at radius 3 is 3.00 bits per heavy atom. The highest BCUT2D eigenvalue weighted by molar-refractivity contribution is 9.09. The second-order valence-corrected chi connectivity index (χ2v) is 6.05. The summed E-state index contributed by atoms with van der Waals surface area (Å²) in [5.41, 5.74) is 1.49. The second kappa shape index (κ2) is 5.77. The molecule has 3 rings (SSSR count). The number of aryl methyl sites for hydroxylation is 1. The molecule has 0 saturated carbocycles. The van der Waals surface area contributed by atoms with Gasteiger partial charge in [0, 0.05) is 24.3 Å². The van der Waals surface area contributed by atoms with E-state index in [1.165, 1.54) is 0 Å². The van der Waals surface area contributed by atoms with Crippen molar-refractivity contribution in [2.45, 2.75) is 19.1 Å². The van der Waals surface area contributed by atoms with E-state index in [2.05, 4.69) is 21.0 Å². The van der Waals surface area contributed by atoms with Crippen LogP contribution in [0.5, 0.6) is 0 Å². The molecule has 1 fully saturated rings. The summed E-state index contributed by atoms with van der Waals surface area (Å²) >= 11 is 3.42. The number of amides is 1. The summed E-state index contributed by atoms with van der Waals surface area (Å²) in [7, 11) is 1.86. The minimum atomic E-state index is -0.0199.